The molecule has 0 spiro atoms. The predicted octanol–water partition coefficient (Wildman–Crippen LogP) is 3.30. The Morgan fingerprint density at radius 3 is 2.16 bits per heavy atom. The van der Waals surface area contributed by atoms with Gasteiger partial charge in [-0.3, -0.25) is 9.59 Å². The van der Waals surface area contributed by atoms with Gasteiger partial charge in [0, 0.05) is 61.3 Å². The molecule has 7 nitrogen and oxygen atoms in total. The van der Waals surface area contributed by atoms with E-state index in [0.717, 1.165) is 17.9 Å². The Bertz CT molecular complexity index is 1020. The average Bonchev–Trinajstić information content (AvgIpc) is 3.06. The average molecular weight is 438 g/mol. The summed E-state index contributed by atoms with van der Waals surface area (Å²) < 4.78 is 7.28. The SMILES string of the molecule is CCOC(=O)c1c(/C=C/C(=O)N2CCN(C(=O)c3ccccc3)CC2)c(C)n(CC)c1C. The molecular formula is C25H31N3O4. The summed E-state index contributed by atoms with van der Waals surface area (Å²) in [6.07, 6.45) is 3.23. The van der Waals surface area contributed by atoms with Crippen LogP contribution in [-0.2, 0) is 16.1 Å². The van der Waals surface area contributed by atoms with E-state index >= 15 is 0 Å². The summed E-state index contributed by atoms with van der Waals surface area (Å²) in [5, 5.41) is 0. The molecule has 0 radical (unpaired) electrons. The lowest BCUT2D eigenvalue weighted by Crippen LogP contribution is -2.50. The highest BCUT2D eigenvalue weighted by Crippen LogP contribution is 2.25. The third-order valence-corrected chi connectivity index (χ3v) is 5.92. The highest BCUT2D eigenvalue weighted by atomic mass is 16.5. The van der Waals surface area contributed by atoms with E-state index in [0.29, 0.717) is 49.5 Å². The van der Waals surface area contributed by atoms with Crippen LogP contribution in [0, 0.1) is 13.8 Å². The molecule has 1 aliphatic heterocycles. The minimum atomic E-state index is -0.375. The molecule has 0 saturated carbocycles. The molecule has 2 heterocycles. The molecule has 0 atom stereocenters. The zero-order valence-corrected chi connectivity index (χ0v) is 19.3. The van der Waals surface area contributed by atoms with Gasteiger partial charge in [0.2, 0.25) is 5.91 Å². The van der Waals surface area contributed by atoms with Crippen LogP contribution in [-0.4, -0.2) is 64.9 Å². The third kappa shape index (κ3) is 4.77. The van der Waals surface area contributed by atoms with Crippen molar-refractivity contribution in [2.45, 2.75) is 34.2 Å². The van der Waals surface area contributed by atoms with E-state index in [2.05, 4.69) is 0 Å². The highest BCUT2D eigenvalue weighted by molar-refractivity contribution is 5.99. The zero-order chi connectivity index (χ0) is 23.3. The second kappa shape index (κ2) is 10.3. The first-order valence-corrected chi connectivity index (χ1v) is 11.1. The van der Waals surface area contributed by atoms with Gasteiger partial charge in [-0.1, -0.05) is 18.2 Å². The standard InChI is InChI=1S/C25H31N3O4/c1-5-28-18(3)21(23(19(28)4)25(31)32-6-2)12-13-22(29)26-14-16-27(17-15-26)24(30)20-10-8-7-9-11-20/h7-13H,5-6,14-17H2,1-4H3/b13-12+. The number of amides is 2. The number of aromatic nitrogens is 1. The summed E-state index contributed by atoms with van der Waals surface area (Å²) >= 11 is 0. The maximum atomic E-state index is 12.8. The van der Waals surface area contributed by atoms with Crippen LogP contribution in [0.1, 0.15) is 51.5 Å². The smallest absolute Gasteiger partial charge is 0.340 e. The van der Waals surface area contributed by atoms with Crippen LogP contribution in [0.4, 0.5) is 0 Å². The fraction of sp³-hybridized carbons (Fsp3) is 0.400. The van der Waals surface area contributed by atoms with E-state index in [-0.39, 0.29) is 17.8 Å². The van der Waals surface area contributed by atoms with E-state index in [4.69, 9.17) is 4.74 Å². The Labute approximate surface area is 189 Å². The molecule has 3 rings (SSSR count). The second-order valence-corrected chi connectivity index (χ2v) is 7.74. The second-order valence-electron chi connectivity index (χ2n) is 7.74. The van der Waals surface area contributed by atoms with Gasteiger partial charge in [-0.15, -0.1) is 0 Å². The molecule has 1 aromatic heterocycles. The fourth-order valence-corrected chi connectivity index (χ4v) is 4.20. The lowest BCUT2D eigenvalue weighted by molar-refractivity contribution is -0.127. The Hall–Kier alpha value is -3.35. The summed E-state index contributed by atoms with van der Waals surface area (Å²) in [5.74, 6) is -0.521. The number of rotatable bonds is 6. The maximum absolute atomic E-state index is 12.8. The first kappa shape index (κ1) is 23.3. The van der Waals surface area contributed by atoms with Crippen LogP contribution >= 0.6 is 0 Å². The number of nitrogens with zero attached hydrogens (tertiary/aromatic N) is 3. The van der Waals surface area contributed by atoms with Gasteiger partial charge < -0.3 is 19.1 Å². The van der Waals surface area contributed by atoms with Gasteiger partial charge in [0.05, 0.1) is 12.2 Å². The number of esters is 1. The van der Waals surface area contributed by atoms with Gasteiger partial charge in [0.25, 0.3) is 5.91 Å². The molecule has 32 heavy (non-hydrogen) atoms. The molecule has 7 heteroatoms. The summed E-state index contributed by atoms with van der Waals surface area (Å²) in [6, 6.07) is 9.17. The highest BCUT2D eigenvalue weighted by Gasteiger charge is 2.25. The van der Waals surface area contributed by atoms with Gasteiger partial charge in [-0.05, 0) is 45.9 Å². The molecule has 0 bridgehead atoms. The molecule has 170 valence electrons. The van der Waals surface area contributed by atoms with E-state index in [1.807, 2.05) is 43.5 Å². The van der Waals surface area contributed by atoms with Gasteiger partial charge >= 0.3 is 5.97 Å². The van der Waals surface area contributed by atoms with Crippen molar-refractivity contribution in [2.75, 3.05) is 32.8 Å². The largest absolute Gasteiger partial charge is 0.462 e. The fourth-order valence-electron chi connectivity index (χ4n) is 4.20. The van der Waals surface area contributed by atoms with Crippen molar-refractivity contribution in [1.82, 2.24) is 14.4 Å². The molecule has 1 aliphatic rings. The predicted molar refractivity (Wildman–Crippen MR) is 123 cm³/mol. The van der Waals surface area contributed by atoms with Crippen molar-refractivity contribution in [2.24, 2.45) is 0 Å². The first-order chi connectivity index (χ1) is 15.4. The summed E-state index contributed by atoms with van der Waals surface area (Å²) in [7, 11) is 0. The normalized spacial score (nSPS) is 14.1. The number of carbonyl (C=O) groups is 3. The first-order valence-electron chi connectivity index (χ1n) is 11.1. The molecule has 0 unspecified atom stereocenters. The van der Waals surface area contributed by atoms with Crippen LogP contribution in [0.2, 0.25) is 0 Å². The van der Waals surface area contributed by atoms with Gasteiger partial charge in [-0.25, -0.2) is 4.79 Å². The van der Waals surface area contributed by atoms with E-state index < -0.39 is 0 Å². The van der Waals surface area contributed by atoms with Gasteiger partial charge in [-0.2, -0.15) is 0 Å². The number of hydrogen-bond donors (Lipinski definition) is 0. The molecule has 1 saturated heterocycles. The minimum Gasteiger partial charge on any atom is -0.462 e. The van der Waals surface area contributed by atoms with Gasteiger partial charge in [0.15, 0.2) is 0 Å². The third-order valence-electron chi connectivity index (χ3n) is 5.92. The van der Waals surface area contributed by atoms with Crippen LogP contribution in [0.3, 0.4) is 0 Å². The molecular weight excluding hydrogens is 406 g/mol. The Morgan fingerprint density at radius 1 is 0.938 bits per heavy atom. The number of ether oxygens (including phenoxy) is 1. The molecule has 2 aromatic rings. The zero-order valence-electron chi connectivity index (χ0n) is 19.3. The molecule has 2 amide bonds. The van der Waals surface area contributed by atoms with Crippen molar-refractivity contribution in [1.29, 1.82) is 0 Å². The minimum absolute atomic E-state index is 0.0145. The Morgan fingerprint density at radius 2 is 1.56 bits per heavy atom. The lowest BCUT2D eigenvalue weighted by Gasteiger charge is -2.34. The van der Waals surface area contributed by atoms with Crippen molar-refractivity contribution >= 4 is 23.9 Å². The Balaban J connectivity index is 1.70. The van der Waals surface area contributed by atoms with Crippen LogP contribution in [0.15, 0.2) is 36.4 Å². The summed E-state index contributed by atoms with van der Waals surface area (Å²) in [5.41, 5.74) is 3.64. The van der Waals surface area contributed by atoms with Crippen molar-refractivity contribution in [3.63, 3.8) is 0 Å². The van der Waals surface area contributed by atoms with Crippen LogP contribution in [0.25, 0.3) is 6.08 Å². The monoisotopic (exact) mass is 437 g/mol. The number of benzene rings is 1. The number of carbonyl (C=O) groups excluding carboxylic acids is 3. The maximum Gasteiger partial charge on any atom is 0.340 e. The molecule has 1 aromatic carbocycles. The Kier molecular flexibility index (Phi) is 7.51. The topological polar surface area (TPSA) is 71.9 Å². The van der Waals surface area contributed by atoms with Crippen molar-refractivity contribution < 1.29 is 19.1 Å². The number of piperazine rings is 1. The molecule has 0 aliphatic carbocycles. The van der Waals surface area contributed by atoms with Gasteiger partial charge in [0.1, 0.15) is 0 Å². The summed E-state index contributed by atoms with van der Waals surface area (Å²) in [6.45, 7) is 10.6. The van der Waals surface area contributed by atoms with E-state index in [9.17, 15) is 14.4 Å². The number of hydrogen-bond acceptors (Lipinski definition) is 4. The van der Waals surface area contributed by atoms with Crippen molar-refractivity contribution in [3.8, 4) is 0 Å². The quantitative estimate of drug-likeness (QED) is 0.514. The van der Waals surface area contributed by atoms with Crippen LogP contribution < -0.4 is 0 Å². The lowest BCUT2D eigenvalue weighted by atomic mass is 10.1. The molecule has 0 N–H and O–H groups in total. The summed E-state index contributed by atoms with van der Waals surface area (Å²) in [4.78, 5) is 41.4. The van der Waals surface area contributed by atoms with Crippen LogP contribution in [0.5, 0.6) is 0 Å². The van der Waals surface area contributed by atoms with Crippen molar-refractivity contribution in [3.05, 3.63) is 64.5 Å². The van der Waals surface area contributed by atoms with E-state index in [1.54, 1.807) is 34.9 Å². The van der Waals surface area contributed by atoms with E-state index in [1.165, 1.54) is 6.08 Å². The molecule has 1 fully saturated rings.